The molecule has 4 N–H and O–H groups in total. The standard InChI is InChI=1S/C8H16O2.2C3H6O2S/c9-6-8(7-10)4-2-1-3-5-8;2*1-2(6)3(4)5/h9-10H,1-7H2;2*2,6H,1H3,(H,4,5). The van der Waals surface area contributed by atoms with E-state index in [0.29, 0.717) is 0 Å². The number of aliphatic hydroxyl groups is 2. The molecular formula is C14H28O6S2. The van der Waals surface area contributed by atoms with Crippen molar-refractivity contribution >= 4 is 37.2 Å². The highest BCUT2D eigenvalue weighted by Gasteiger charge is 2.30. The van der Waals surface area contributed by atoms with Crippen molar-refractivity contribution in [3.05, 3.63) is 0 Å². The van der Waals surface area contributed by atoms with Gasteiger partial charge < -0.3 is 20.4 Å². The van der Waals surface area contributed by atoms with Crippen LogP contribution in [0, 0.1) is 5.41 Å². The number of carboxylic acids is 2. The number of carbonyl (C=O) groups is 2. The summed E-state index contributed by atoms with van der Waals surface area (Å²) in [6, 6.07) is 0. The highest BCUT2D eigenvalue weighted by atomic mass is 32.1. The summed E-state index contributed by atoms with van der Waals surface area (Å²) in [6.45, 7) is 3.32. The van der Waals surface area contributed by atoms with Gasteiger partial charge in [0.15, 0.2) is 0 Å². The van der Waals surface area contributed by atoms with Gasteiger partial charge in [-0.15, -0.1) is 0 Å². The minimum Gasteiger partial charge on any atom is -0.480 e. The van der Waals surface area contributed by atoms with Crippen molar-refractivity contribution in [2.75, 3.05) is 13.2 Å². The van der Waals surface area contributed by atoms with Gasteiger partial charge in [0.25, 0.3) is 0 Å². The number of thiol groups is 2. The van der Waals surface area contributed by atoms with E-state index in [1.165, 1.54) is 33.1 Å². The third-order valence-electron chi connectivity index (χ3n) is 3.30. The summed E-state index contributed by atoms with van der Waals surface area (Å²) < 4.78 is 0. The van der Waals surface area contributed by atoms with Crippen LogP contribution in [0.15, 0.2) is 0 Å². The Kier molecular flexibility index (Phi) is 14.1. The predicted octanol–water partition coefficient (Wildman–Crippen LogP) is 1.70. The minimum absolute atomic E-state index is 0.127. The van der Waals surface area contributed by atoms with Gasteiger partial charge >= 0.3 is 11.9 Å². The Labute approximate surface area is 142 Å². The maximum Gasteiger partial charge on any atom is 0.316 e. The number of hydrogen-bond acceptors (Lipinski definition) is 6. The van der Waals surface area contributed by atoms with Crippen LogP contribution in [0.1, 0.15) is 46.0 Å². The number of rotatable bonds is 4. The lowest BCUT2D eigenvalue weighted by atomic mass is 9.75. The SMILES string of the molecule is CC(S)C(=O)O.CC(S)C(=O)O.OCC1(CO)CCCCC1. The molecule has 0 aliphatic heterocycles. The van der Waals surface area contributed by atoms with Gasteiger partial charge in [0.2, 0.25) is 0 Å². The van der Waals surface area contributed by atoms with Crippen molar-refractivity contribution in [2.24, 2.45) is 5.41 Å². The Morgan fingerprint density at radius 2 is 1.18 bits per heavy atom. The molecule has 1 rings (SSSR count). The summed E-state index contributed by atoms with van der Waals surface area (Å²) in [5.41, 5.74) is -0.127. The monoisotopic (exact) mass is 356 g/mol. The molecule has 0 aromatic carbocycles. The molecule has 0 saturated heterocycles. The molecule has 0 spiro atoms. The Hall–Kier alpha value is -0.440. The zero-order valence-corrected chi connectivity index (χ0v) is 14.9. The number of aliphatic hydroxyl groups excluding tert-OH is 2. The lowest BCUT2D eigenvalue weighted by molar-refractivity contribution is -0.137. The van der Waals surface area contributed by atoms with E-state index in [1.807, 2.05) is 0 Å². The largest absolute Gasteiger partial charge is 0.480 e. The van der Waals surface area contributed by atoms with Crippen LogP contribution < -0.4 is 0 Å². The second-order valence-corrected chi connectivity index (χ2v) is 6.95. The summed E-state index contributed by atoms with van der Waals surface area (Å²) in [4.78, 5) is 19.2. The quantitative estimate of drug-likeness (QED) is 0.427. The fourth-order valence-corrected chi connectivity index (χ4v) is 1.67. The number of aliphatic carboxylic acids is 2. The molecule has 8 heteroatoms. The number of hydrogen-bond donors (Lipinski definition) is 6. The molecule has 1 fully saturated rings. The normalized spacial score (nSPS) is 18.6. The van der Waals surface area contributed by atoms with Crippen molar-refractivity contribution in [1.82, 2.24) is 0 Å². The van der Waals surface area contributed by atoms with Gasteiger partial charge in [-0.25, -0.2) is 0 Å². The molecule has 0 heterocycles. The molecule has 1 aliphatic rings. The second kappa shape index (κ2) is 13.0. The number of carboxylic acid groups (broad SMARTS) is 2. The van der Waals surface area contributed by atoms with Crippen molar-refractivity contribution in [2.45, 2.75) is 56.5 Å². The summed E-state index contributed by atoms with van der Waals surface area (Å²) >= 11 is 7.19. The van der Waals surface area contributed by atoms with E-state index < -0.39 is 22.4 Å². The molecule has 0 aromatic heterocycles. The Morgan fingerprint density at radius 1 is 0.909 bits per heavy atom. The van der Waals surface area contributed by atoms with E-state index in [2.05, 4.69) is 25.3 Å². The van der Waals surface area contributed by atoms with Gasteiger partial charge in [-0.2, -0.15) is 25.3 Å². The van der Waals surface area contributed by atoms with E-state index in [-0.39, 0.29) is 18.6 Å². The molecule has 0 aromatic rings. The van der Waals surface area contributed by atoms with Crippen molar-refractivity contribution in [3.63, 3.8) is 0 Å². The smallest absolute Gasteiger partial charge is 0.316 e. The van der Waals surface area contributed by atoms with Gasteiger partial charge in [-0.1, -0.05) is 19.3 Å². The average molecular weight is 357 g/mol. The zero-order chi connectivity index (χ0) is 17.8. The fraction of sp³-hybridized carbons (Fsp3) is 0.857. The van der Waals surface area contributed by atoms with Crippen LogP contribution in [0.4, 0.5) is 0 Å². The molecule has 2 atom stereocenters. The van der Waals surface area contributed by atoms with E-state index in [9.17, 15) is 9.59 Å². The maximum atomic E-state index is 9.62. The summed E-state index contributed by atoms with van der Waals surface area (Å²) in [5.74, 6) is -1.75. The van der Waals surface area contributed by atoms with Crippen LogP contribution >= 0.6 is 25.3 Å². The van der Waals surface area contributed by atoms with Gasteiger partial charge in [0, 0.05) is 5.41 Å². The van der Waals surface area contributed by atoms with Crippen LogP contribution in [-0.4, -0.2) is 56.1 Å². The molecule has 1 saturated carbocycles. The Bertz CT molecular complexity index is 290. The molecule has 1 aliphatic carbocycles. The highest BCUT2D eigenvalue weighted by molar-refractivity contribution is 7.81. The summed E-state index contributed by atoms with van der Waals surface area (Å²) in [7, 11) is 0. The summed E-state index contributed by atoms with van der Waals surface area (Å²) in [6.07, 6.45) is 5.60. The molecule has 0 bridgehead atoms. The van der Waals surface area contributed by atoms with Crippen LogP contribution in [0.2, 0.25) is 0 Å². The summed E-state index contributed by atoms with van der Waals surface area (Å²) in [5, 5.41) is 32.7. The zero-order valence-electron chi connectivity index (χ0n) is 13.1. The molecule has 0 amide bonds. The topological polar surface area (TPSA) is 115 Å². The lowest BCUT2D eigenvalue weighted by Gasteiger charge is -2.33. The maximum absolute atomic E-state index is 9.62. The van der Waals surface area contributed by atoms with Crippen LogP contribution in [0.5, 0.6) is 0 Å². The molecule has 0 radical (unpaired) electrons. The predicted molar refractivity (Wildman–Crippen MR) is 91.9 cm³/mol. The fourth-order valence-electron chi connectivity index (χ4n) is 1.67. The van der Waals surface area contributed by atoms with Crippen LogP contribution in [-0.2, 0) is 9.59 Å². The molecule has 22 heavy (non-hydrogen) atoms. The van der Waals surface area contributed by atoms with Crippen LogP contribution in [0.3, 0.4) is 0 Å². The van der Waals surface area contributed by atoms with E-state index in [4.69, 9.17) is 20.4 Å². The molecule has 6 nitrogen and oxygen atoms in total. The molecular weight excluding hydrogens is 328 g/mol. The first-order valence-corrected chi connectivity index (χ1v) is 8.18. The van der Waals surface area contributed by atoms with E-state index >= 15 is 0 Å². The van der Waals surface area contributed by atoms with Crippen molar-refractivity contribution in [3.8, 4) is 0 Å². The first kappa shape index (κ1) is 23.8. The third kappa shape index (κ3) is 12.1. The molecule has 2 unspecified atom stereocenters. The Morgan fingerprint density at radius 3 is 1.32 bits per heavy atom. The second-order valence-electron chi connectivity index (χ2n) is 5.41. The molecule has 132 valence electrons. The third-order valence-corrected chi connectivity index (χ3v) is 3.74. The van der Waals surface area contributed by atoms with E-state index in [1.54, 1.807) is 0 Å². The van der Waals surface area contributed by atoms with Gasteiger partial charge in [-0.05, 0) is 26.7 Å². The minimum atomic E-state index is -0.877. The Balaban J connectivity index is 0. The first-order chi connectivity index (χ1) is 10.1. The van der Waals surface area contributed by atoms with Gasteiger partial charge in [0.1, 0.15) is 0 Å². The van der Waals surface area contributed by atoms with E-state index in [0.717, 1.165) is 12.8 Å². The van der Waals surface area contributed by atoms with Crippen LogP contribution in [0.25, 0.3) is 0 Å². The van der Waals surface area contributed by atoms with Crippen molar-refractivity contribution in [1.29, 1.82) is 0 Å². The van der Waals surface area contributed by atoms with Gasteiger partial charge in [-0.3, -0.25) is 9.59 Å². The average Bonchev–Trinajstić information content (AvgIpc) is 2.49. The highest BCUT2D eigenvalue weighted by Crippen LogP contribution is 2.34. The van der Waals surface area contributed by atoms with Gasteiger partial charge in [0.05, 0.1) is 23.7 Å². The lowest BCUT2D eigenvalue weighted by Crippen LogP contribution is -2.31. The first-order valence-electron chi connectivity index (χ1n) is 7.15. The van der Waals surface area contributed by atoms with Crippen molar-refractivity contribution < 1.29 is 30.0 Å².